The molecule has 56 heavy (non-hydrogen) atoms. The number of hydrogen-bond donors (Lipinski definition) is 2. The van der Waals surface area contributed by atoms with Gasteiger partial charge in [0.15, 0.2) is 5.82 Å². The summed E-state index contributed by atoms with van der Waals surface area (Å²) in [7, 11) is 1.77. The van der Waals surface area contributed by atoms with E-state index in [9.17, 15) is 18.4 Å². The molecule has 3 fully saturated rings. The Hall–Kier alpha value is -4.92. The third-order valence-electron chi connectivity index (χ3n) is 12.7. The molecule has 1 aromatic carbocycles. The summed E-state index contributed by atoms with van der Waals surface area (Å²) in [6.45, 7) is 5.87. The smallest absolute Gasteiger partial charge is 0.338 e. The lowest BCUT2D eigenvalue weighted by Crippen LogP contribution is -2.53. The Morgan fingerprint density at radius 1 is 0.982 bits per heavy atom. The first-order valence-corrected chi connectivity index (χ1v) is 20.0. The number of aromatic carboxylic acids is 1. The van der Waals surface area contributed by atoms with Crippen molar-refractivity contribution in [3.8, 4) is 17.1 Å². The van der Waals surface area contributed by atoms with Crippen LogP contribution in [0.1, 0.15) is 110 Å². The summed E-state index contributed by atoms with van der Waals surface area (Å²) >= 11 is 0. The van der Waals surface area contributed by atoms with Crippen LogP contribution in [0.25, 0.3) is 11.1 Å². The predicted octanol–water partition coefficient (Wildman–Crippen LogP) is 6.87. The molecule has 298 valence electrons. The van der Waals surface area contributed by atoms with Crippen LogP contribution in [0, 0.1) is 5.41 Å². The number of alkyl halides is 2. The predicted molar refractivity (Wildman–Crippen MR) is 205 cm³/mol. The molecule has 2 N–H and O–H groups in total. The zero-order valence-corrected chi connectivity index (χ0v) is 32.2. The van der Waals surface area contributed by atoms with E-state index in [1.165, 1.54) is 70.4 Å². The first-order valence-electron chi connectivity index (χ1n) is 20.0. The number of fused-ring (bicyclic) bond motifs is 2. The maximum absolute atomic E-state index is 14.1. The number of halogens is 2. The van der Waals surface area contributed by atoms with E-state index in [4.69, 9.17) is 9.84 Å². The third-order valence-corrected chi connectivity index (χ3v) is 12.7. The van der Waals surface area contributed by atoms with Gasteiger partial charge in [0.1, 0.15) is 6.10 Å². The average Bonchev–Trinajstić information content (AvgIpc) is 3.83. The number of amides is 1. The average molecular weight is 772 g/mol. The molecule has 1 saturated heterocycles. The number of ether oxygens (including phenoxy) is 1. The normalized spacial score (nSPS) is 19.9. The number of nitrogens with one attached hydrogen (secondary N) is 1. The second-order valence-electron chi connectivity index (χ2n) is 16.3. The lowest BCUT2D eigenvalue weighted by molar-refractivity contribution is -0.129. The maximum atomic E-state index is 14.1. The zero-order chi connectivity index (χ0) is 39.0. The zero-order valence-electron chi connectivity index (χ0n) is 32.2. The number of likely N-dealkylation sites (tertiary alicyclic amines) is 1. The fraction of sp³-hybridized carbons (Fsp3) is 0.561. The molecule has 5 aliphatic rings. The molecule has 0 atom stereocenters. The molecular weight excluding hydrogens is 721 g/mol. The van der Waals surface area contributed by atoms with Crippen molar-refractivity contribution in [1.29, 1.82) is 0 Å². The van der Waals surface area contributed by atoms with Gasteiger partial charge in [-0.05, 0) is 93.1 Å². The van der Waals surface area contributed by atoms with Gasteiger partial charge in [0, 0.05) is 86.2 Å². The molecule has 9 rings (SSSR count). The number of benzene rings is 1. The van der Waals surface area contributed by atoms with E-state index in [-0.39, 0.29) is 23.1 Å². The number of carboxylic acids is 1. The number of piperidine rings is 1. The highest BCUT2D eigenvalue weighted by atomic mass is 19.3. The number of H-pyrrole nitrogens is 1. The monoisotopic (exact) mass is 771 g/mol. The van der Waals surface area contributed by atoms with Gasteiger partial charge in [-0.25, -0.2) is 23.5 Å². The van der Waals surface area contributed by atoms with E-state index in [1.807, 2.05) is 11.0 Å². The van der Waals surface area contributed by atoms with Crippen molar-refractivity contribution in [2.45, 2.75) is 109 Å². The molecule has 0 bridgehead atoms. The Labute approximate surface area is 325 Å². The topological polar surface area (TPSA) is 146 Å². The summed E-state index contributed by atoms with van der Waals surface area (Å²) in [5.74, 6) is -0.256. The number of hydrogen-bond acceptors (Lipinski definition) is 9. The molecular formula is C41H51F2N9O4. The minimum atomic E-state index is -2.61. The van der Waals surface area contributed by atoms with Crippen LogP contribution in [0.2, 0.25) is 0 Å². The summed E-state index contributed by atoms with van der Waals surface area (Å²) in [5, 5.41) is 20.7. The quantitative estimate of drug-likeness (QED) is 0.204. The number of carbonyl (C=O) groups is 2. The summed E-state index contributed by atoms with van der Waals surface area (Å²) in [6, 6.07) is 4.61. The first kappa shape index (κ1) is 38.0. The molecule has 2 aliphatic carbocycles. The molecule has 0 unspecified atom stereocenters. The van der Waals surface area contributed by atoms with Gasteiger partial charge in [0.2, 0.25) is 5.91 Å². The highest BCUT2D eigenvalue weighted by Gasteiger charge is 2.48. The minimum Gasteiger partial charge on any atom is -0.478 e. The largest absolute Gasteiger partial charge is 0.478 e. The maximum Gasteiger partial charge on any atom is 0.338 e. The van der Waals surface area contributed by atoms with Gasteiger partial charge in [-0.1, -0.05) is 19.3 Å². The number of aromatic nitrogens is 6. The van der Waals surface area contributed by atoms with Crippen LogP contribution in [-0.4, -0.2) is 95.1 Å². The molecule has 15 heteroatoms. The van der Waals surface area contributed by atoms with Gasteiger partial charge in [0.05, 0.1) is 18.3 Å². The number of nitrogens with zero attached hydrogens (tertiary/aromatic N) is 8. The highest BCUT2D eigenvalue weighted by molar-refractivity contribution is 5.86. The molecule has 6 heterocycles. The van der Waals surface area contributed by atoms with E-state index >= 15 is 0 Å². The van der Waals surface area contributed by atoms with E-state index in [1.54, 1.807) is 42.0 Å². The molecule has 2 saturated carbocycles. The number of rotatable bonds is 7. The summed E-state index contributed by atoms with van der Waals surface area (Å²) < 4.78 is 35.6. The van der Waals surface area contributed by atoms with Crippen molar-refractivity contribution in [2.75, 3.05) is 31.1 Å². The Morgan fingerprint density at radius 2 is 1.73 bits per heavy atom. The van der Waals surface area contributed by atoms with Gasteiger partial charge in [-0.2, -0.15) is 10.2 Å². The Bertz CT molecular complexity index is 2030. The summed E-state index contributed by atoms with van der Waals surface area (Å²) in [6.07, 6.45) is 17.7. The van der Waals surface area contributed by atoms with Crippen LogP contribution >= 0.6 is 0 Å². The summed E-state index contributed by atoms with van der Waals surface area (Å²) in [5.41, 5.74) is 5.53. The number of anilines is 2. The molecule has 3 aromatic heterocycles. The molecule has 1 amide bonds. The lowest BCUT2D eigenvalue weighted by Gasteiger charge is -2.52. The van der Waals surface area contributed by atoms with Crippen LogP contribution in [0.5, 0.6) is 6.01 Å². The first-order chi connectivity index (χ1) is 27.1. The van der Waals surface area contributed by atoms with Crippen LogP contribution in [0.3, 0.4) is 0 Å². The highest BCUT2D eigenvalue weighted by Crippen LogP contribution is 2.51. The Kier molecular flexibility index (Phi) is 10.8. The fourth-order valence-electron chi connectivity index (χ4n) is 9.48. The van der Waals surface area contributed by atoms with Gasteiger partial charge in [0.25, 0.3) is 6.43 Å². The SMILES string of the molecule is CC(=O)N1CCc2[nH]nc(N3CCCc4cc(-c5cnn(C)c5)c(C(F)F)cc43)c2C1.O=C(O)c1cnc(OC2CC3(CCN(C4CCCCC4)CC3)C2)nc1. The molecule has 0 radical (unpaired) electrons. The van der Waals surface area contributed by atoms with Gasteiger partial charge >= 0.3 is 12.0 Å². The van der Waals surface area contributed by atoms with Crippen molar-refractivity contribution >= 4 is 23.4 Å². The van der Waals surface area contributed by atoms with Crippen molar-refractivity contribution in [3.05, 3.63) is 64.9 Å². The number of carboxylic acid groups (broad SMARTS) is 1. The van der Waals surface area contributed by atoms with Crippen molar-refractivity contribution in [1.82, 2.24) is 39.7 Å². The van der Waals surface area contributed by atoms with Crippen molar-refractivity contribution < 1.29 is 28.2 Å². The Balaban J connectivity index is 0.000000161. The minimum absolute atomic E-state index is 0.00610. The standard InChI is InChI=1S/C22H24F2N6O.C19H27N3O3/c1-13(31)29-7-5-19-18(12-29)22(27-26-19)30-6-3-4-14-8-16(15-10-25-28(2)11-15)17(21(23)24)9-20(14)30;23-17(24)14-12-20-18(21-13-14)25-16-10-19(11-16)6-8-22(9-7-19)15-4-2-1-3-5-15/h8-11,21H,3-7,12H2,1-2H3,(H,26,27);12-13,15-16H,1-11H2,(H,23,24). The van der Waals surface area contributed by atoms with Crippen LogP contribution in [-0.2, 0) is 31.2 Å². The van der Waals surface area contributed by atoms with Crippen LogP contribution < -0.4 is 9.64 Å². The number of carbonyl (C=O) groups excluding carboxylic acids is 1. The molecule has 4 aromatic rings. The van der Waals surface area contributed by atoms with Gasteiger partial charge in [-0.3, -0.25) is 14.6 Å². The summed E-state index contributed by atoms with van der Waals surface area (Å²) in [4.78, 5) is 37.3. The second-order valence-corrected chi connectivity index (χ2v) is 16.3. The van der Waals surface area contributed by atoms with Crippen LogP contribution in [0.4, 0.5) is 20.3 Å². The molecule has 13 nitrogen and oxygen atoms in total. The van der Waals surface area contributed by atoms with E-state index in [2.05, 4.69) is 30.2 Å². The lowest BCUT2D eigenvalue weighted by atomic mass is 9.61. The fourth-order valence-corrected chi connectivity index (χ4v) is 9.48. The third kappa shape index (κ3) is 7.87. The van der Waals surface area contributed by atoms with E-state index < -0.39 is 12.4 Å². The molecule has 3 aliphatic heterocycles. The number of aromatic amines is 1. The number of aryl methyl sites for hydroxylation is 2. The van der Waals surface area contributed by atoms with Gasteiger partial charge in [-0.15, -0.1) is 0 Å². The van der Waals surface area contributed by atoms with E-state index in [0.717, 1.165) is 60.1 Å². The van der Waals surface area contributed by atoms with Crippen molar-refractivity contribution in [3.63, 3.8) is 0 Å². The Morgan fingerprint density at radius 3 is 2.39 bits per heavy atom. The second kappa shape index (κ2) is 15.9. The van der Waals surface area contributed by atoms with E-state index in [0.29, 0.717) is 48.6 Å². The van der Waals surface area contributed by atoms with Crippen molar-refractivity contribution in [2.24, 2.45) is 12.5 Å². The molecule has 1 spiro atoms. The van der Waals surface area contributed by atoms with Crippen LogP contribution in [0.15, 0.2) is 36.9 Å². The van der Waals surface area contributed by atoms with Gasteiger partial charge < -0.3 is 24.5 Å².